The van der Waals surface area contributed by atoms with Crippen LogP contribution in [-0.4, -0.2) is 35.9 Å². The summed E-state index contributed by atoms with van der Waals surface area (Å²) in [6, 6.07) is 5.83. The van der Waals surface area contributed by atoms with Crippen LogP contribution >= 0.6 is 0 Å². The molecule has 0 fully saturated rings. The van der Waals surface area contributed by atoms with Gasteiger partial charge >= 0.3 is 5.97 Å². The summed E-state index contributed by atoms with van der Waals surface area (Å²) in [5.74, 6) is -1.84. The Morgan fingerprint density at radius 3 is 2.67 bits per heavy atom. The van der Waals surface area contributed by atoms with Crippen molar-refractivity contribution < 1.29 is 22.8 Å². The van der Waals surface area contributed by atoms with Crippen molar-refractivity contribution in [1.82, 2.24) is 10.1 Å². The van der Waals surface area contributed by atoms with Crippen LogP contribution in [0.15, 0.2) is 33.7 Å². The Balaban J connectivity index is 2.48. The van der Waals surface area contributed by atoms with Crippen LogP contribution in [-0.2, 0) is 9.84 Å². The van der Waals surface area contributed by atoms with Crippen molar-refractivity contribution in [3.05, 3.63) is 30.1 Å². The Kier molecular flexibility index (Phi) is 2.87. The number of carboxylic acids is 1. The van der Waals surface area contributed by atoms with E-state index in [0.29, 0.717) is 5.56 Å². The molecule has 94 valence electrons. The van der Waals surface area contributed by atoms with Crippen LogP contribution in [0.1, 0.15) is 10.6 Å². The zero-order chi connectivity index (χ0) is 13.3. The van der Waals surface area contributed by atoms with Gasteiger partial charge in [0.05, 0.1) is 4.90 Å². The molecule has 0 radical (unpaired) electrons. The van der Waals surface area contributed by atoms with Crippen LogP contribution in [0.4, 0.5) is 0 Å². The van der Waals surface area contributed by atoms with Crippen molar-refractivity contribution in [3.8, 4) is 11.5 Å². The van der Waals surface area contributed by atoms with Crippen LogP contribution < -0.4 is 0 Å². The van der Waals surface area contributed by atoms with Crippen LogP contribution in [0.3, 0.4) is 0 Å². The summed E-state index contributed by atoms with van der Waals surface area (Å²) >= 11 is 0. The van der Waals surface area contributed by atoms with Gasteiger partial charge < -0.3 is 9.63 Å². The molecule has 0 aliphatic rings. The van der Waals surface area contributed by atoms with E-state index in [9.17, 15) is 13.2 Å². The summed E-state index contributed by atoms with van der Waals surface area (Å²) in [4.78, 5) is 14.3. The van der Waals surface area contributed by atoms with Gasteiger partial charge in [-0.25, -0.2) is 13.2 Å². The molecule has 0 aliphatic carbocycles. The molecule has 0 bridgehead atoms. The number of nitrogens with zero attached hydrogens (tertiary/aromatic N) is 2. The summed E-state index contributed by atoms with van der Waals surface area (Å²) in [6.45, 7) is 0. The Bertz CT molecular complexity index is 705. The van der Waals surface area contributed by atoms with E-state index >= 15 is 0 Å². The van der Waals surface area contributed by atoms with E-state index in [0.717, 1.165) is 6.26 Å². The number of sulfone groups is 1. The lowest BCUT2D eigenvalue weighted by Gasteiger charge is -1.99. The standard InChI is InChI=1S/C10H8N2O5S/c1-18(15,16)7-4-2-3-6(5-7)9-11-8(10(13)14)12-17-9/h2-5H,1H3,(H,13,14). The fourth-order valence-electron chi connectivity index (χ4n) is 1.29. The molecule has 0 saturated carbocycles. The Labute approximate surface area is 102 Å². The molecule has 2 aromatic rings. The van der Waals surface area contributed by atoms with Crippen molar-refractivity contribution >= 4 is 15.8 Å². The molecule has 1 heterocycles. The van der Waals surface area contributed by atoms with Crippen molar-refractivity contribution in [2.75, 3.05) is 6.26 Å². The SMILES string of the molecule is CS(=O)(=O)c1cccc(-c2nc(C(=O)O)no2)c1. The van der Waals surface area contributed by atoms with Crippen molar-refractivity contribution in [1.29, 1.82) is 0 Å². The van der Waals surface area contributed by atoms with Crippen molar-refractivity contribution in [2.45, 2.75) is 4.90 Å². The van der Waals surface area contributed by atoms with Crippen LogP contribution in [0, 0.1) is 0 Å². The Morgan fingerprint density at radius 1 is 1.39 bits per heavy atom. The van der Waals surface area contributed by atoms with Gasteiger partial charge in [-0.15, -0.1) is 0 Å². The number of hydrogen-bond acceptors (Lipinski definition) is 6. The van der Waals surface area contributed by atoms with E-state index in [2.05, 4.69) is 10.1 Å². The number of rotatable bonds is 3. The number of aromatic carboxylic acids is 1. The second kappa shape index (κ2) is 4.22. The number of carboxylic acid groups (broad SMARTS) is 1. The van der Waals surface area contributed by atoms with Gasteiger partial charge in [-0.05, 0) is 23.4 Å². The lowest BCUT2D eigenvalue weighted by molar-refractivity contribution is 0.0680. The highest BCUT2D eigenvalue weighted by Gasteiger charge is 2.15. The van der Waals surface area contributed by atoms with Gasteiger partial charge in [0.15, 0.2) is 9.84 Å². The first-order valence-corrected chi connectivity index (χ1v) is 6.64. The van der Waals surface area contributed by atoms with Crippen LogP contribution in [0.2, 0.25) is 0 Å². The number of carbonyl (C=O) groups is 1. The summed E-state index contributed by atoms with van der Waals surface area (Å²) in [5, 5.41) is 11.9. The molecule has 7 nitrogen and oxygen atoms in total. The smallest absolute Gasteiger partial charge is 0.377 e. The normalized spacial score (nSPS) is 11.4. The molecule has 0 unspecified atom stereocenters. The molecular formula is C10H8N2O5S. The highest BCUT2D eigenvalue weighted by Crippen LogP contribution is 2.20. The van der Waals surface area contributed by atoms with Gasteiger partial charge in [-0.2, -0.15) is 4.98 Å². The number of aromatic nitrogens is 2. The third-order valence-electron chi connectivity index (χ3n) is 2.13. The fraction of sp³-hybridized carbons (Fsp3) is 0.100. The van der Waals surface area contributed by atoms with E-state index in [4.69, 9.17) is 9.63 Å². The highest BCUT2D eigenvalue weighted by atomic mass is 32.2. The molecular weight excluding hydrogens is 260 g/mol. The summed E-state index contributed by atoms with van der Waals surface area (Å²) in [5.41, 5.74) is 0.345. The molecule has 1 aromatic carbocycles. The summed E-state index contributed by atoms with van der Waals surface area (Å²) < 4.78 is 27.5. The molecule has 0 amide bonds. The quantitative estimate of drug-likeness (QED) is 0.877. The number of hydrogen-bond donors (Lipinski definition) is 1. The maximum atomic E-state index is 11.4. The minimum atomic E-state index is -3.35. The highest BCUT2D eigenvalue weighted by molar-refractivity contribution is 7.90. The first-order chi connectivity index (χ1) is 8.38. The van der Waals surface area contributed by atoms with E-state index in [-0.39, 0.29) is 10.8 Å². The average Bonchev–Trinajstić information content (AvgIpc) is 2.77. The molecule has 1 aromatic heterocycles. The molecule has 18 heavy (non-hydrogen) atoms. The lowest BCUT2D eigenvalue weighted by Crippen LogP contribution is -1.98. The van der Waals surface area contributed by atoms with Gasteiger partial charge in [0.25, 0.3) is 11.7 Å². The number of benzene rings is 1. The van der Waals surface area contributed by atoms with Gasteiger partial charge in [-0.1, -0.05) is 6.07 Å². The van der Waals surface area contributed by atoms with Gasteiger partial charge in [0.1, 0.15) is 0 Å². The second-order valence-corrected chi connectivity index (χ2v) is 5.54. The summed E-state index contributed by atoms with van der Waals surface area (Å²) in [7, 11) is -3.35. The molecule has 0 aliphatic heterocycles. The van der Waals surface area contributed by atoms with E-state index in [1.54, 1.807) is 6.07 Å². The molecule has 0 atom stereocenters. The van der Waals surface area contributed by atoms with Gasteiger partial charge in [-0.3, -0.25) is 0 Å². The van der Waals surface area contributed by atoms with E-state index in [1.807, 2.05) is 0 Å². The summed E-state index contributed by atoms with van der Waals surface area (Å²) in [6.07, 6.45) is 1.07. The third kappa shape index (κ3) is 2.38. The minimum Gasteiger partial charge on any atom is -0.475 e. The first kappa shape index (κ1) is 12.2. The Morgan fingerprint density at radius 2 is 2.11 bits per heavy atom. The predicted molar refractivity (Wildman–Crippen MR) is 59.8 cm³/mol. The topological polar surface area (TPSA) is 110 Å². The third-order valence-corrected chi connectivity index (χ3v) is 3.24. The lowest BCUT2D eigenvalue weighted by atomic mass is 10.2. The van der Waals surface area contributed by atoms with Gasteiger partial charge in [0, 0.05) is 11.8 Å². The van der Waals surface area contributed by atoms with Gasteiger partial charge in [0.2, 0.25) is 0 Å². The monoisotopic (exact) mass is 268 g/mol. The average molecular weight is 268 g/mol. The van der Waals surface area contributed by atoms with Crippen molar-refractivity contribution in [3.63, 3.8) is 0 Å². The van der Waals surface area contributed by atoms with E-state index < -0.39 is 21.6 Å². The molecule has 0 saturated heterocycles. The zero-order valence-corrected chi connectivity index (χ0v) is 10.0. The van der Waals surface area contributed by atoms with E-state index in [1.165, 1.54) is 18.2 Å². The van der Waals surface area contributed by atoms with Crippen molar-refractivity contribution in [2.24, 2.45) is 0 Å². The minimum absolute atomic E-state index is 0.0436. The first-order valence-electron chi connectivity index (χ1n) is 4.75. The zero-order valence-electron chi connectivity index (χ0n) is 9.19. The van der Waals surface area contributed by atoms with Crippen LogP contribution in [0.5, 0.6) is 0 Å². The fourth-order valence-corrected chi connectivity index (χ4v) is 1.95. The maximum Gasteiger partial charge on any atom is 0.377 e. The van der Waals surface area contributed by atoms with Crippen LogP contribution in [0.25, 0.3) is 11.5 Å². The largest absolute Gasteiger partial charge is 0.475 e. The molecule has 8 heteroatoms. The second-order valence-electron chi connectivity index (χ2n) is 3.53. The molecule has 1 N–H and O–H groups in total. The Hall–Kier alpha value is -2.22. The molecule has 0 spiro atoms. The molecule has 2 rings (SSSR count). The predicted octanol–water partition coefficient (Wildman–Crippen LogP) is 0.838. The maximum absolute atomic E-state index is 11.4.